The third-order valence-electron chi connectivity index (χ3n) is 2.39. The van der Waals surface area contributed by atoms with E-state index >= 15 is 0 Å². The molecule has 0 saturated carbocycles. The van der Waals surface area contributed by atoms with Crippen LogP contribution in [0.2, 0.25) is 0 Å². The first kappa shape index (κ1) is 15.5. The summed E-state index contributed by atoms with van der Waals surface area (Å²) in [5, 5.41) is 7.43. The van der Waals surface area contributed by atoms with E-state index in [-0.39, 0.29) is 0 Å². The monoisotopic (exact) mass is 286 g/mol. The van der Waals surface area contributed by atoms with Gasteiger partial charge in [-0.25, -0.2) is 32.1 Å². The summed E-state index contributed by atoms with van der Waals surface area (Å²) < 4.78 is 0. The minimum Gasteiger partial charge on any atom is -0.358 e. The van der Waals surface area contributed by atoms with Gasteiger partial charge >= 0.3 is 12.1 Å². The number of hydrogen-bond acceptors (Lipinski definition) is 6. The van der Waals surface area contributed by atoms with Gasteiger partial charge in [-0.15, -0.1) is 0 Å². The molecule has 12 nitrogen and oxygen atoms in total. The van der Waals surface area contributed by atoms with Crippen molar-refractivity contribution in [2.75, 3.05) is 26.2 Å². The van der Waals surface area contributed by atoms with Crippen LogP contribution in [0.3, 0.4) is 0 Å². The van der Waals surface area contributed by atoms with E-state index in [2.05, 4.69) is 21.1 Å². The zero-order valence-corrected chi connectivity index (χ0v) is 10.7. The molecule has 4 amide bonds. The van der Waals surface area contributed by atoms with Gasteiger partial charge in [0.05, 0.1) is 0 Å². The van der Waals surface area contributed by atoms with Gasteiger partial charge in [0.1, 0.15) is 12.7 Å². The van der Waals surface area contributed by atoms with Crippen molar-refractivity contribution in [3.63, 3.8) is 0 Å². The molecular formula is C8H18N10O2. The predicted molar refractivity (Wildman–Crippen MR) is 71.8 cm³/mol. The van der Waals surface area contributed by atoms with Gasteiger partial charge in [0.25, 0.3) is 0 Å². The van der Waals surface area contributed by atoms with Crippen molar-refractivity contribution in [2.24, 2.45) is 21.9 Å². The summed E-state index contributed by atoms with van der Waals surface area (Å²) in [6.45, 7) is 2.80. The maximum atomic E-state index is 10.7. The average molecular weight is 286 g/mol. The summed E-state index contributed by atoms with van der Waals surface area (Å²) in [7, 11) is 0. The Morgan fingerprint density at radius 1 is 0.850 bits per heavy atom. The number of rotatable bonds is 4. The molecular weight excluding hydrogens is 268 g/mol. The van der Waals surface area contributed by atoms with E-state index in [4.69, 9.17) is 11.7 Å². The largest absolute Gasteiger partial charge is 0.358 e. The summed E-state index contributed by atoms with van der Waals surface area (Å²) in [6, 6.07) is -1.17. The second-order valence-corrected chi connectivity index (χ2v) is 3.73. The van der Waals surface area contributed by atoms with Crippen molar-refractivity contribution in [2.45, 2.75) is 0 Å². The fourth-order valence-corrected chi connectivity index (χ4v) is 1.37. The van der Waals surface area contributed by atoms with Gasteiger partial charge in [0.15, 0.2) is 0 Å². The highest BCUT2D eigenvalue weighted by molar-refractivity contribution is 5.74. The zero-order valence-electron chi connectivity index (χ0n) is 10.7. The van der Waals surface area contributed by atoms with Crippen LogP contribution in [0.1, 0.15) is 0 Å². The number of carbonyl (C=O) groups excluding carboxylic acids is 2. The Balaban J connectivity index is 2.22. The van der Waals surface area contributed by atoms with E-state index in [9.17, 15) is 9.59 Å². The molecule has 1 fully saturated rings. The van der Waals surface area contributed by atoms with Crippen molar-refractivity contribution in [3.8, 4) is 0 Å². The summed E-state index contributed by atoms with van der Waals surface area (Å²) >= 11 is 0. The molecule has 1 aliphatic rings. The van der Waals surface area contributed by atoms with E-state index in [1.54, 1.807) is 0 Å². The molecule has 12 heteroatoms. The fraction of sp³-hybridized carbons (Fsp3) is 0.500. The van der Waals surface area contributed by atoms with Gasteiger partial charge in [0, 0.05) is 26.2 Å². The lowest BCUT2D eigenvalue weighted by atomic mass is 10.3. The highest BCUT2D eigenvalue weighted by Gasteiger charge is 2.12. The van der Waals surface area contributed by atoms with Gasteiger partial charge in [-0.1, -0.05) is 0 Å². The number of hydrogen-bond donors (Lipinski definition) is 6. The quantitative estimate of drug-likeness (QED) is 0.105. The summed E-state index contributed by atoms with van der Waals surface area (Å²) in [5.41, 5.74) is 8.16. The van der Waals surface area contributed by atoms with Gasteiger partial charge in [-0.2, -0.15) is 10.2 Å². The van der Waals surface area contributed by atoms with E-state index in [1.807, 2.05) is 20.7 Å². The molecule has 0 unspecified atom stereocenters. The number of nitrogens with two attached hydrogens (primary N) is 2. The van der Waals surface area contributed by atoms with E-state index in [0.717, 1.165) is 0 Å². The first-order valence-electron chi connectivity index (χ1n) is 5.73. The Kier molecular flexibility index (Phi) is 6.56. The molecule has 1 heterocycles. The molecule has 0 aromatic rings. The number of piperazine rings is 1. The predicted octanol–water partition coefficient (Wildman–Crippen LogP) is -3.16. The second kappa shape index (κ2) is 8.49. The van der Waals surface area contributed by atoms with Crippen molar-refractivity contribution in [3.05, 3.63) is 0 Å². The Labute approximate surface area is 115 Å². The standard InChI is InChI=1S/C8H18N10O2/c9-13-7(19)15-11-5-17-1-2-18(4-3-17)6-12-16-8(20)14-10/h5-6H,1-4,9-10H2,(H2,13,15,19)(H2,14,16,20)/b11-5+,12-6+. The minimum atomic E-state index is -0.587. The molecule has 1 rings (SSSR count). The summed E-state index contributed by atoms with van der Waals surface area (Å²) in [5.74, 6) is 9.75. The third kappa shape index (κ3) is 5.83. The van der Waals surface area contributed by atoms with Crippen LogP contribution in [-0.2, 0) is 0 Å². The van der Waals surface area contributed by atoms with Crippen LogP contribution in [0.15, 0.2) is 10.2 Å². The van der Waals surface area contributed by atoms with Crippen LogP contribution in [0, 0.1) is 0 Å². The Morgan fingerprint density at radius 2 is 1.20 bits per heavy atom. The van der Waals surface area contributed by atoms with Gasteiger partial charge in [-0.3, -0.25) is 10.9 Å². The van der Waals surface area contributed by atoms with Gasteiger partial charge < -0.3 is 9.80 Å². The smallest absolute Gasteiger partial charge is 0.349 e. The van der Waals surface area contributed by atoms with Crippen molar-refractivity contribution >= 4 is 24.7 Å². The van der Waals surface area contributed by atoms with Crippen molar-refractivity contribution in [1.82, 2.24) is 31.5 Å². The lowest BCUT2D eigenvalue weighted by Gasteiger charge is -2.31. The Bertz CT molecular complexity index is 339. The normalized spacial score (nSPS) is 15.5. The lowest BCUT2D eigenvalue weighted by Crippen LogP contribution is -2.46. The molecule has 0 spiro atoms. The van der Waals surface area contributed by atoms with E-state index < -0.39 is 12.1 Å². The SMILES string of the molecule is NNC(=O)N/N=C/N1CCN(/C=N/NC(=O)NN)CC1. The van der Waals surface area contributed by atoms with Crippen LogP contribution in [-0.4, -0.2) is 60.7 Å². The van der Waals surface area contributed by atoms with Crippen molar-refractivity contribution in [1.29, 1.82) is 0 Å². The van der Waals surface area contributed by atoms with Crippen LogP contribution < -0.4 is 33.4 Å². The molecule has 0 aromatic heterocycles. The molecule has 0 aliphatic carbocycles. The number of amides is 4. The molecule has 20 heavy (non-hydrogen) atoms. The average Bonchev–Trinajstić information content (AvgIpc) is 2.48. The summed E-state index contributed by atoms with van der Waals surface area (Å²) in [4.78, 5) is 25.3. The number of hydrazone groups is 2. The Morgan fingerprint density at radius 3 is 1.50 bits per heavy atom. The number of urea groups is 2. The minimum absolute atomic E-state index is 0.587. The molecule has 0 aromatic carbocycles. The maximum absolute atomic E-state index is 10.7. The van der Waals surface area contributed by atoms with E-state index in [1.165, 1.54) is 12.7 Å². The number of nitrogens with one attached hydrogen (secondary N) is 4. The Hall–Kier alpha value is -2.60. The van der Waals surface area contributed by atoms with Gasteiger partial charge in [-0.05, 0) is 0 Å². The van der Waals surface area contributed by atoms with Crippen LogP contribution in [0.25, 0.3) is 0 Å². The topological polar surface area (TPSA) is 166 Å². The molecule has 0 atom stereocenters. The first-order chi connectivity index (χ1) is 9.65. The molecule has 1 aliphatic heterocycles. The first-order valence-corrected chi connectivity index (χ1v) is 5.73. The van der Waals surface area contributed by atoms with Crippen LogP contribution in [0.4, 0.5) is 9.59 Å². The summed E-state index contributed by atoms with van der Waals surface area (Å²) in [6.07, 6.45) is 3.04. The van der Waals surface area contributed by atoms with Gasteiger partial charge in [0.2, 0.25) is 0 Å². The van der Waals surface area contributed by atoms with Crippen LogP contribution >= 0.6 is 0 Å². The fourth-order valence-electron chi connectivity index (χ4n) is 1.37. The number of nitrogens with zero attached hydrogens (tertiary/aromatic N) is 4. The van der Waals surface area contributed by atoms with Crippen LogP contribution in [0.5, 0.6) is 0 Å². The molecule has 0 bridgehead atoms. The lowest BCUT2D eigenvalue weighted by molar-refractivity contribution is 0.239. The molecule has 1 saturated heterocycles. The highest BCUT2D eigenvalue weighted by Crippen LogP contribution is 1.96. The van der Waals surface area contributed by atoms with E-state index in [0.29, 0.717) is 26.2 Å². The number of carbonyl (C=O) groups is 2. The molecule has 112 valence electrons. The van der Waals surface area contributed by atoms with Crippen molar-refractivity contribution < 1.29 is 9.59 Å². The molecule has 0 radical (unpaired) electrons. The number of hydrazine groups is 2. The maximum Gasteiger partial charge on any atom is 0.349 e. The highest BCUT2D eigenvalue weighted by atomic mass is 16.2. The second-order valence-electron chi connectivity index (χ2n) is 3.73. The third-order valence-corrected chi connectivity index (χ3v) is 2.39. The molecule has 8 N–H and O–H groups in total. The zero-order chi connectivity index (χ0) is 14.8.